The summed E-state index contributed by atoms with van der Waals surface area (Å²) in [6.45, 7) is 0.230. The van der Waals surface area contributed by atoms with E-state index in [1.54, 1.807) is 18.2 Å². The van der Waals surface area contributed by atoms with Crippen LogP contribution < -0.4 is 5.56 Å². The average Bonchev–Trinajstić information content (AvgIpc) is 2.33. The van der Waals surface area contributed by atoms with Gasteiger partial charge < -0.3 is 5.11 Å². The summed E-state index contributed by atoms with van der Waals surface area (Å²) in [5, 5.41) is 13.0. The maximum absolute atomic E-state index is 13.3. The van der Waals surface area contributed by atoms with Crippen molar-refractivity contribution in [1.29, 1.82) is 0 Å². The smallest absolute Gasteiger partial charge is 0.308 e. The van der Waals surface area contributed by atoms with Crippen molar-refractivity contribution in [2.75, 3.05) is 0 Å². The third kappa shape index (κ3) is 2.50. The van der Waals surface area contributed by atoms with E-state index in [2.05, 4.69) is 5.10 Å². The van der Waals surface area contributed by atoms with Crippen LogP contribution >= 0.6 is 0 Å². The summed E-state index contributed by atoms with van der Waals surface area (Å²) in [5.41, 5.74) is -0.0478. The Morgan fingerprint density at radius 2 is 2.06 bits per heavy atom. The maximum atomic E-state index is 13.3. The molecule has 0 saturated carbocycles. The van der Waals surface area contributed by atoms with E-state index >= 15 is 0 Å². The lowest BCUT2D eigenvalue weighted by Gasteiger charge is -2.05. The second-order valence-electron chi connectivity index (χ2n) is 3.59. The Hall–Kier alpha value is -2.17. The summed E-state index contributed by atoms with van der Waals surface area (Å²) in [6.07, 6.45) is 1.68. The molecule has 0 aliphatic heterocycles. The van der Waals surface area contributed by atoms with Gasteiger partial charge in [0.05, 0.1) is 6.20 Å². The van der Waals surface area contributed by atoms with E-state index in [0.717, 1.165) is 4.68 Å². The molecule has 0 aliphatic rings. The highest BCUT2D eigenvalue weighted by Crippen LogP contribution is 2.07. The fraction of sp³-hybridized carbons (Fsp3) is 0.167. The molecule has 5 heteroatoms. The molecule has 0 unspecified atom stereocenters. The highest BCUT2D eigenvalue weighted by Gasteiger charge is 2.04. The average molecular weight is 234 g/mol. The van der Waals surface area contributed by atoms with Crippen molar-refractivity contribution in [2.24, 2.45) is 0 Å². The van der Waals surface area contributed by atoms with Gasteiger partial charge in [-0.2, -0.15) is 5.10 Å². The van der Waals surface area contributed by atoms with Gasteiger partial charge in [0.15, 0.2) is 5.75 Å². The Labute approximate surface area is 97.0 Å². The molecule has 4 nitrogen and oxygen atoms in total. The van der Waals surface area contributed by atoms with Crippen LogP contribution in [0.2, 0.25) is 0 Å². The van der Waals surface area contributed by atoms with Crippen LogP contribution in [0.4, 0.5) is 4.39 Å². The number of halogens is 1. The van der Waals surface area contributed by atoms with Crippen LogP contribution in [0.15, 0.2) is 41.3 Å². The van der Waals surface area contributed by atoms with Crippen LogP contribution in [-0.2, 0) is 13.0 Å². The second-order valence-corrected chi connectivity index (χ2v) is 3.59. The lowest BCUT2D eigenvalue weighted by atomic mass is 10.1. The van der Waals surface area contributed by atoms with Gasteiger partial charge in [-0.1, -0.05) is 18.2 Å². The molecule has 1 N–H and O–H groups in total. The van der Waals surface area contributed by atoms with Crippen molar-refractivity contribution >= 4 is 0 Å². The maximum Gasteiger partial charge on any atom is 0.308 e. The van der Waals surface area contributed by atoms with Gasteiger partial charge in [-0.3, -0.25) is 4.79 Å². The quantitative estimate of drug-likeness (QED) is 0.871. The third-order valence-electron chi connectivity index (χ3n) is 2.44. The van der Waals surface area contributed by atoms with Crippen LogP contribution in [-0.4, -0.2) is 14.9 Å². The number of hydrogen-bond acceptors (Lipinski definition) is 3. The Kier molecular flexibility index (Phi) is 3.18. The zero-order valence-corrected chi connectivity index (χ0v) is 9.01. The molecule has 0 amide bonds. The first-order chi connectivity index (χ1) is 8.18. The number of aromatic nitrogens is 2. The number of aryl methyl sites for hydroxylation is 2. The number of nitrogens with zero attached hydrogens (tertiary/aromatic N) is 2. The first-order valence-electron chi connectivity index (χ1n) is 5.17. The lowest BCUT2D eigenvalue weighted by molar-refractivity contribution is 0.443. The van der Waals surface area contributed by atoms with Gasteiger partial charge >= 0.3 is 5.56 Å². The van der Waals surface area contributed by atoms with Crippen LogP contribution in [0.3, 0.4) is 0 Å². The molecular formula is C12H11FN2O2. The monoisotopic (exact) mass is 234 g/mol. The van der Waals surface area contributed by atoms with E-state index in [1.807, 2.05) is 0 Å². The van der Waals surface area contributed by atoms with Crippen molar-refractivity contribution in [2.45, 2.75) is 13.0 Å². The molecule has 0 bridgehead atoms. The second kappa shape index (κ2) is 4.78. The summed E-state index contributed by atoms with van der Waals surface area (Å²) in [7, 11) is 0. The molecule has 1 aromatic carbocycles. The summed E-state index contributed by atoms with van der Waals surface area (Å²) >= 11 is 0. The van der Waals surface area contributed by atoms with Crippen molar-refractivity contribution in [3.05, 3.63) is 58.3 Å². The minimum Gasteiger partial charge on any atom is -0.503 e. The highest BCUT2D eigenvalue weighted by molar-refractivity contribution is 5.17. The molecule has 88 valence electrons. The molecule has 1 heterocycles. The Morgan fingerprint density at radius 1 is 1.29 bits per heavy atom. The zero-order chi connectivity index (χ0) is 12.3. The lowest BCUT2D eigenvalue weighted by Crippen LogP contribution is -2.23. The number of benzene rings is 1. The van der Waals surface area contributed by atoms with Crippen LogP contribution in [0.5, 0.6) is 5.75 Å². The van der Waals surface area contributed by atoms with E-state index in [1.165, 1.54) is 18.3 Å². The van der Waals surface area contributed by atoms with Crippen LogP contribution in [0.1, 0.15) is 5.56 Å². The van der Waals surface area contributed by atoms with E-state index in [0.29, 0.717) is 12.0 Å². The molecular weight excluding hydrogens is 223 g/mol. The van der Waals surface area contributed by atoms with Gasteiger partial charge in [0.1, 0.15) is 5.82 Å². The highest BCUT2D eigenvalue weighted by atomic mass is 19.1. The Bertz CT molecular complexity index is 581. The SMILES string of the molecule is O=c1c(O)ccnn1CCc1ccccc1F. The van der Waals surface area contributed by atoms with Gasteiger partial charge in [0, 0.05) is 12.6 Å². The summed E-state index contributed by atoms with van der Waals surface area (Å²) < 4.78 is 14.4. The minimum absolute atomic E-state index is 0.230. The van der Waals surface area contributed by atoms with Crippen molar-refractivity contribution in [1.82, 2.24) is 9.78 Å². The molecule has 17 heavy (non-hydrogen) atoms. The van der Waals surface area contributed by atoms with Gasteiger partial charge in [-0.05, 0) is 18.1 Å². The van der Waals surface area contributed by atoms with Gasteiger partial charge in [-0.15, -0.1) is 0 Å². The number of rotatable bonds is 3. The fourth-order valence-electron chi connectivity index (χ4n) is 1.53. The molecule has 1 aromatic heterocycles. The van der Waals surface area contributed by atoms with Gasteiger partial charge in [-0.25, -0.2) is 9.07 Å². The molecule has 0 atom stereocenters. The fourth-order valence-corrected chi connectivity index (χ4v) is 1.53. The van der Waals surface area contributed by atoms with Gasteiger partial charge in [0.25, 0.3) is 0 Å². The standard InChI is InChI=1S/C12H11FN2O2/c13-10-4-2-1-3-9(10)6-8-15-12(17)11(16)5-7-14-15/h1-5,7,16H,6,8H2. The molecule has 0 radical (unpaired) electrons. The molecule has 2 aromatic rings. The van der Waals surface area contributed by atoms with Crippen molar-refractivity contribution < 1.29 is 9.50 Å². The van der Waals surface area contributed by atoms with Crippen LogP contribution in [0, 0.1) is 5.82 Å². The first-order valence-corrected chi connectivity index (χ1v) is 5.17. The topological polar surface area (TPSA) is 55.1 Å². The van der Waals surface area contributed by atoms with E-state index in [-0.39, 0.29) is 18.1 Å². The normalized spacial score (nSPS) is 10.4. The van der Waals surface area contributed by atoms with E-state index in [9.17, 15) is 14.3 Å². The summed E-state index contributed by atoms with van der Waals surface area (Å²) in [5.74, 6) is -0.658. The van der Waals surface area contributed by atoms with E-state index in [4.69, 9.17) is 0 Å². The van der Waals surface area contributed by atoms with E-state index < -0.39 is 5.56 Å². The molecule has 0 aliphatic carbocycles. The summed E-state index contributed by atoms with van der Waals surface area (Å²) in [6, 6.07) is 7.59. The zero-order valence-electron chi connectivity index (χ0n) is 9.01. The predicted octanol–water partition coefficient (Wildman–Crippen LogP) is 1.33. The van der Waals surface area contributed by atoms with Crippen LogP contribution in [0.25, 0.3) is 0 Å². The molecule has 0 fully saturated rings. The molecule has 0 saturated heterocycles. The number of hydrogen-bond donors (Lipinski definition) is 1. The summed E-state index contributed by atoms with van der Waals surface area (Å²) in [4.78, 5) is 11.4. The third-order valence-corrected chi connectivity index (χ3v) is 2.44. The molecule has 0 spiro atoms. The van der Waals surface area contributed by atoms with Crippen molar-refractivity contribution in [3.8, 4) is 5.75 Å². The van der Waals surface area contributed by atoms with Crippen molar-refractivity contribution in [3.63, 3.8) is 0 Å². The Balaban J connectivity index is 2.16. The minimum atomic E-state index is -0.566. The largest absolute Gasteiger partial charge is 0.503 e. The first kappa shape index (κ1) is 11.3. The molecule has 2 rings (SSSR count). The number of aromatic hydroxyl groups is 1. The predicted molar refractivity (Wildman–Crippen MR) is 60.3 cm³/mol. The van der Waals surface area contributed by atoms with Gasteiger partial charge in [0.2, 0.25) is 0 Å². The Morgan fingerprint density at radius 3 is 2.82 bits per heavy atom.